The number of aromatic nitrogens is 1. The van der Waals surface area contributed by atoms with E-state index in [0.717, 1.165) is 30.3 Å². The van der Waals surface area contributed by atoms with Crippen molar-refractivity contribution in [3.8, 4) is 0 Å². The summed E-state index contributed by atoms with van der Waals surface area (Å²) in [5, 5.41) is 0.0887. The Morgan fingerprint density at radius 2 is 2.11 bits per heavy atom. The Labute approximate surface area is 107 Å². The number of nitrogens with zero attached hydrogens (tertiary/aromatic N) is 1. The predicted octanol–water partition coefficient (Wildman–Crippen LogP) is 3.09. The summed E-state index contributed by atoms with van der Waals surface area (Å²) in [7, 11) is 0. The van der Waals surface area contributed by atoms with Crippen molar-refractivity contribution in [3.63, 3.8) is 0 Å². The van der Waals surface area contributed by atoms with E-state index < -0.39 is 17.8 Å². The molecule has 1 atom stereocenters. The van der Waals surface area contributed by atoms with Crippen molar-refractivity contribution < 1.29 is 18.0 Å². The summed E-state index contributed by atoms with van der Waals surface area (Å²) in [5.41, 5.74) is 4.12. The number of carbonyl (C=O) groups is 1. The maximum Gasteiger partial charge on any atom is 0.433 e. The standard InChI is InChI=1S/C11H13F3N2OS/c1-3-6(2)18-10-7(9(15)17)4-5-8(16-10)11(12,13)14/h4-6H,3H2,1-2H3,(H2,15,17). The Morgan fingerprint density at radius 1 is 1.50 bits per heavy atom. The molecule has 1 heterocycles. The molecule has 0 bridgehead atoms. The van der Waals surface area contributed by atoms with Crippen molar-refractivity contribution in [3.05, 3.63) is 23.4 Å². The third-order valence-corrected chi connectivity index (χ3v) is 3.57. The Bertz CT molecular complexity index is 448. The number of thioether (sulfide) groups is 1. The number of hydrogen-bond acceptors (Lipinski definition) is 3. The van der Waals surface area contributed by atoms with E-state index >= 15 is 0 Å². The molecule has 1 unspecified atom stereocenters. The van der Waals surface area contributed by atoms with Crippen LogP contribution in [0.5, 0.6) is 0 Å². The second-order valence-electron chi connectivity index (χ2n) is 3.75. The highest BCUT2D eigenvalue weighted by Crippen LogP contribution is 2.32. The van der Waals surface area contributed by atoms with Gasteiger partial charge in [-0.15, -0.1) is 11.8 Å². The van der Waals surface area contributed by atoms with E-state index in [1.807, 2.05) is 13.8 Å². The van der Waals surface area contributed by atoms with Gasteiger partial charge in [0.05, 0.1) is 5.56 Å². The fourth-order valence-corrected chi connectivity index (χ4v) is 2.14. The molecule has 0 saturated carbocycles. The Kier molecular flexibility index (Phi) is 4.61. The Balaban J connectivity index is 3.20. The second-order valence-corrected chi connectivity index (χ2v) is 5.18. The summed E-state index contributed by atoms with van der Waals surface area (Å²) in [6.45, 7) is 3.74. The molecule has 1 amide bonds. The lowest BCUT2D eigenvalue weighted by Crippen LogP contribution is -2.16. The molecule has 2 N–H and O–H groups in total. The molecule has 0 saturated heterocycles. The van der Waals surface area contributed by atoms with Gasteiger partial charge in [-0.3, -0.25) is 4.79 Å². The number of carbonyl (C=O) groups excluding carboxylic acids is 1. The Morgan fingerprint density at radius 3 is 2.56 bits per heavy atom. The minimum absolute atomic E-state index is 0.0216. The van der Waals surface area contributed by atoms with E-state index in [2.05, 4.69) is 4.98 Å². The van der Waals surface area contributed by atoms with Crippen LogP contribution in [-0.2, 0) is 6.18 Å². The zero-order chi connectivity index (χ0) is 13.9. The molecular weight excluding hydrogens is 265 g/mol. The molecular formula is C11H13F3N2OS. The van der Waals surface area contributed by atoms with Gasteiger partial charge in [0.2, 0.25) is 0 Å². The van der Waals surface area contributed by atoms with Crippen molar-refractivity contribution in [1.82, 2.24) is 4.98 Å². The molecule has 1 aromatic heterocycles. The van der Waals surface area contributed by atoms with Gasteiger partial charge in [-0.25, -0.2) is 4.98 Å². The first-order valence-corrected chi connectivity index (χ1v) is 6.18. The highest BCUT2D eigenvalue weighted by molar-refractivity contribution is 7.99. The van der Waals surface area contributed by atoms with Gasteiger partial charge in [0.15, 0.2) is 0 Å². The van der Waals surface area contributed by atoms with E-state index in [1.54, 1.807) is 0 Å². The fraction of sp³-hybridized carbons (Fsp3) is 0.455. The van der Waals surface area contributed by atoms with Crippen molar-refractivity contribution in [2.75, 3.05) is 0 Å². The highest BCUT2D eigenvalue weighted by Gasteiger charge is 2.33. The molecule has 18 heavy (non-hydrogen) atoms. The first-order chi connectivity index (χ1) is 8.25. The first-order valence-electron chi connectivity index (χ1n) is 5.30. The minimum Gasteiger partial charge on any atom is -0.366 e. The van der Waals surface area contributed by atoms with Crippen molar-refractivity contribution in [2.45, 2.75) is 36.7 Å². The molecule has 0 aliphatic carbocycles. The maximum absolute atomic E-state index is 12.5. The lowest BCUT2D eigenvalue weighted by atomic mass is 10.2. The van der Waals surface area contributed by atoms with E-state index in [4.69, 9.17) is 5.73 Å². The topological polar surface area (TPSA) is 56.0 Å². The monoisotopic (exact) mass is 278 g/mol. The summed E-state index contributed by atoms with van der Waals surface area (Å²) in [6.07, 6.45) is -3.78. The number of halogens is 3. The lowest BCUT2D eigenvalue weighted by Gasteiger charge is -2.13. The van der Waals surface area contributed by atoms with Crippen LogP contribution in [0.25, 0.3) is 0 Å². The molecule has 1 rings (SSSR count). The third-order valence-electron chi connectivity index (χ3n) is 2.30. The van der Waals surface area contributed by atoms with Crippen molar-refractivity contribution in [2.24, 2.45) is 5.73 Å². The third kappa shape index (κ3) is 3.63. The fourth-order valence-electron chi connectivity index (χ4n) is 1.15. The SMILES string of the molecule is CCC(C)Sc1nc(C(F)(F)F)ccc1C(N)=O. The molecule has 0 aliphatic heterocycles. The molecule has 0 aliphatic rings. The number of nitrogens with two attached hydrogens (primary N) is 1. The van der Waals surface area contributed by atoms with Crippen LogP contribution in [0.2, 0.25) is 0 Å². The normalized spacial score (nSPS) is 13.4. The Hall–Kier alpha value is -1.24. The van der Waals surface area contributed by atoms with Gasteiger partial charge in [0.1, 0.15) is 10.7 Å². The molecule has 0 fully saturated rings. The largest absolute Gasteiger partial charge is 0.433 e. The van der Waals surface area contributed by atoms with Crippen LogP contribution in [-0.4, -0.2) is 16.1 Å². The number of amides is 1. The first kappa shape index (κ1) is 14.8. The van der Waals surface area contributed by atoms with Gasteiger partial charge in [-0.2, -0.15) is 13.2 Å². The average molecular weight is 278 g/mol. The van der Waals surface area contributed by atoms with Gasteiger partial charge in [0, 0.05) is 5.25 Å². The predicted molar refractivity (Wildman–Crippen MR) is 63.4 cm³/mol. The van der Waals surface area contributed by atoms with E-state index in [9.17, 15) is 18.0 Å². The molecule has 0 aromatic carbocycles. The van der Waals surface area contributed by atoms with Crippen LogP contribution in [0.15, 0.2) is 17.2 Å². The number of primary amides is 1. The van der Waals surface area contributed by atoms with Crippen LogP contribution in [0.3, 0.4) is 0 Å². The summed E-state index contributed by atoms with van der Waals surface area (Å²) < 4.78 is 37.6. The highest BCUT2D eigenvalue weighted by atomic mass is 32.2. The van der Waals surface area contributed by atoms with Gasteiger partial charge in [0.25, 0.3) is 5.91 Å². The van der Waals surface area contributed by atoms with Gasteiger partial charge in [-0.05, 0) is 18.6 Å². The van der Waals surface area contributed by atoms with Crippen LogP contribution < -0.4 is 5.73 Å². The zero-order valence-electron chi connectivity index (χ0n) is 9.91. The molecule has 100 valence electrons. The van der Waals surface area contributed by atoms with Crippen molar-refractivity contribution in [1.29, 1.82) is 0 Å². The molecule has 1 aromatic rings. The number of hydrogen-bond donors (Lipinski definition) is 1. The second kappa shape index (κ2) is 5.60. The van der Waals surface area contributed by atoms with E-state index in [0.29, 0.717) is 0 Å². The summed E-state index contributed by atoms with van der Waals surface area (Å²) in [4.78, 5) is 14.6. The molecule has 7 heteroatoms. The summed E-state index contributed by atoms with van der Waals surface area (Å²) >= 11 is 1.12. The van der Waals surface area contributed by atoms with Crippen LogP contribution in [0, 0.1) is 0 Å². The smallest absolute Gasteiger partial charge is 0.366 e. The van der Waals surface area contributed by atoms with Gasteiger partial charge >= 0.3 is 6.18 Å². The number of alkyl halides is 3. The maximum atomic E-state index is 12.5. The zero-order valence-corrected chi connectivity index (χ0v) is 10.7. The van der Waals surface area contributed by atoms with E-state index in [1.165, 1.54) is 0 Å². The van der Waals surface area contributed by atoms with Gasteiger partial charge < -0.3 is 5.73 Å². The van der Waals surface area contributed by atoms with Crippen molar-refractivity contribution >= 4 is 17.7 Å². The van der Waals surface area contributed by atoms with Crippen LogP contribution in [0.1, 0.15) is 36.3 Å². The molecule has 3 nitrogen and oxygen atoms in total. The van der Waals surface area contributed by atoms with E-state index in [-0.39, 0.29) is 15.8 Å². The number of rotatable bonds is 4. The summed E-state index contributed by atoms with van der Waals surface area (Å²) in [5.74, 6) is -0.776. The number of pyridine rings is 1. The van der Waals surface area contributed by atoms with Gasteiger partial charge in [-0.1, -0.05) is 13.8 Å². The molecule has 0 radical (unpaired) electrons. The minimum atomic E-state index is -4.53. The summed E-state index contributed by atoms with van der Waals surface area (Å²) in [6, 6.07) is 1.84. The quantitative estimate of drug-likeness (QED) is 0.861. The van der Waals surface area contributed by atoms with Crippen LogP contribution >= 0.6 is 11.8 Å². The van der Waals surface area contributed by atoms with Crippen LogP contribution in [0.4, 0.5) is 13.2 Å². The average Bonchev–Trinajstić information content (AvgIpc) is 2.27. The lowest BCUT2D eigenvalue weighted by molar-refractivity contribution is -0.141. The molecule has 0 spiro atoms.